The molecule has 2 rings (SSSR count). The Morgan fingerprint density at radius 3 is 2.54 bits per heavy atom. The fourth-order valence-electron chi connectivity index (χ4n) is 2.36. The Balaban J connectivity index is 2.23. The number of halogens is 4. The van der Waals surface area contributed by atoms with Gasteiger partial charge >= 0.3 is 6.18 Å². The molecule has 0 aliphatic carbocycles. The van der Waals surface area contributed by atoms with Crippen molar-refractivity contribution in [1.29, 1.82) is 0 Å². The fourth-order valence-corrected chi connectivity index (χ4v) is 2.84. The summed E-state index contributed by atoms with van der Waals surface area (Å²) in [6.45, 7) is 3.30. The number of likely N-dealkylation sites (N-methyl/N-ethyl adjacent to an activating group) is 1. The number of alkyl halides is 3. The molecule has 0 saturated carbocycles. The van der Waals surface area contributed by atoms with Gasteiger partial charge < -0.3 is 4.90 Å². The Labute approximate surface area is 145 Å². The number of aromatic nitrogens is 4. The van der Waals surface area contributed by atoms with Crippen LogP contribution in [0.3, 0.4) is 0 Å². The third kappa shape index (κ3) is 3.47. The van der Waals surface area contributed by atoms with Crippen molar-refractivity contribution in [2.24, 2.45) is 7.05 Å². The van der Waals surface area contributed by atoms with Crippen LogP contribution < -0.4 is 0 Å². The van der Waals surface area contributed by atoms with Crippen LogP contribution in [0.5, 0.6) is 0 Å². The molecule has 0 spiro atoms. The first-order valence-corrected chi connectivity index (χ1v) is 7.87. The molecule has 0 aliphatic rings. The lowest BCUT2D eigenvalue weighted by molar-refractivity contribution is -0.143. The molecule has 0 N–H and O–H groups in total. The van der Waals surface area contributed by atoms with Crippen molar-refractivity contribution < 1.29 is 18.0 Å². The van der Waals surface area contributed by atoms with Gasteiger partial charge in [0.15, 0.2) is 5.69 Å². The van der Waals surface area contributed by atoms with Gasteiger partial charge in [0.05, 0.1) is 22.4 Å². The van der Waals surface area contributed by atoms with Crippen molar-refractivity contribution in [3.8, 4) is 0 Å². The summed E-state index contributed by atoms with van der Waals surface area (Å²) >= 11 is 2.91. The van der Waals surface area contributed by atoms with Crippen LogP contribution in [0.25, 0.3) is 0 Å². The zero-order valence-corrected chi connectivity index (χ0v) is 15.2. The molecule has 1 amide bonds. The second-order valence-corrected chi connectivity index (χ2v) is 6.30. The van der Waals surface area contributed by atoms with Crippen molar-refractivity contribution in [1.82, 2.24) is 24.5 Å². The maximum atomic E-state index is 13.0. The largest absolute Gasteiger partial charge is 0.436 e. The van der Waals surface area contributed by atoms with Gasteiger partial charge in [-0.3, -0.25) is 14.2 Å². The van der Waals surface area contributed by atoms with E-state index in [9.17, 15) is 18.0 Å². The minimum atomic E-state index is -4.59. The Kier molecular flexibility index (Phi) is 5.07. The Hall–Kier alpha value is -1.84. The molecule has 0 saturated heterocycles. The molecule has 6 nitrogen and oxygen atoms in total. The minimum Gasteiger partial charge on any atom is -0.338 e. The molecule has 0 radical (unpaired) electrons. The van der Waals surface area contributed by atoms with Gasteiger partial charge in [-0.05, 0) is 35.8 Å². The highest BCUT2D eigenvalue weighted by molar-refractivity contribution is 9.10. The quantitative estimate of drug-likeness (QED) is 0.782. The van der Waals surface area contributed by atoms with Crippen LogP contribution in [-0.2, 0) is 24.6 Å². The SMILES string of the molecule is Cc1c(Br)c(C(F)(F)F)nn1C(C)C(=O)N(C)Cc1ccnn1C. The van der Waals surface area contributed by atoms with E-state index in [1.165, 1.54) is 18.7 Å². The lowest BCUT2D eigenvalue weighted by Gasteiger charge is -2.22. The lowest BCUT2D eigenvalue weighted by atomic mass is 10.2. The average Bonchev–Trinajstić information content (AvgIpc) is 3.02. The number of amides is 1. The summed E-state index contributed by atoms with van der Waals surface area (Å²) in [5.74, 6) is -0.344. The molecular weight excluding hydrogens is 391 g/mol. The zero-order valence-electron chi connectivity index (χ0n) is 13.6. The highest BCUT2D eigenvalue weighted by Gasteiger charge is 2.39. The topological polar surface area (TPSA) is 56.0 Å². The molecule has 1 atom stereocenters. The van der Waals surface area contributed by atoms with E-state index in [2.05, 4.69) is 26.1 Å². The van der Waals surface area contributed by atoms with Crippen molar-refractivity contribution >= 4 is 21.8 Å². The van der Waals surface area contributed by atoms with Crippen LogP contribution in [0.2, 0.25) is 0 Å². The first-order valence-electron chi connectivity index (χ1n) is 7.07. The normalized spacial score (nSPS) is 13.2. The summed E-state index contributed by atoms with van der Waals surface area (Å²) in [5, 5.41) is 7.60. The zero-order chi connectivity index (χ0) is 18.2. The molecule has 24 heavy (non-hydrogen) atoms. The van der Waals surface area contributed by atoms with E-state index < -0.39 is 17.9 Å². The molecular formula is C14H17BrF3N5O. The monoisotopic (exact) mass is 407 g/mol. The lowest BCUT2D eigenvalue weighted by Crippen LogP contribution is -2.34. The predicted octanol–water partition coefficient (Wildman–Crippen LogP) is 2.93. The van der Waals surface area contributed by atoms with Gasteiger partial charge in [0.1, 0.15) is 6.04 Å². The van der Waals surface area contributed by atoms with E-state index in [4.69, 9.17) is 0 Å². The maximum Gasteiger partial charge on any atom is 0.436 e. The third-order valence-corrected chi connectivity index (χ3v) is 4.72. The molecule has 0 aromatic carbocycles. The van der Waals surface area contributed by atoms with Crippen LogP contribution in [0, 0.1) is 6.92 Å². The second kappa shape index (κ2) is 6.58. The summed E-state index contributed by atoms with van der Waals surface area (Å²) in [5.41, 5.74) is 0.0263. The standard InChI is InChI=1S/C14H17BrF3N5O/c1-8-11(15)12(14(16,17)18)20-23(8)9(2)13(24)21(3)7-10-5-6-19-22(10)4/h5-6,9H,7H2,1-4H3. The van der Waals surface area contributed by atoms with E-state index in [0.717, 1.165) is 10.4 Å². The summed E-state index contributed by atoms with van der Waals surface area (Å²) < 4.78 is 41.4. The van der Waals surface area contributed by atoms with E-state index >= 15 is 0 Å². The number of carbonyl (C=O) groups is 1. The number of aryl methyl sites for hydroxylation is 1. The van der Waals surface area contributed by atoms with Gasteiger partial charge in [-0.2, -0.15) is 23.4 Å². The van der Waals surface area contributed by atoms with Gasteiger partial charge in [-0.25, -0.2) is 0 Å². The highest BCUT2D eigenvalue weighted by Crippen LogP contribution is 2.36. The van der Waals surface area contributed by atoms with Gasteiger partial charge in [0, 0.05) is 20.3 Å². The van der Waals surface area contributed by atoms with Gasteiger partial charge in [-0.15, -0.1) is 0 Å². The maximum absolute atomic E-state index is 13.0. The number of rotatable bonds is 4. The van der Waals surface area contributed by atoms with E-state index in [1.807, 2.05) is 0 Å². The van der Waals surface area contributed by atoms with Crippen LogP contribution >= 0.6 is 15.9 Å². The Morgan fingerprint density at radius 1 is 1.46 bits per heavy atom. The summed E-state index contributed by atoms with van der Waals surface area (Å²) in [4.78, 5) is 14.0. The second-order valence-electron chi connectivity index (χ2n) is 5.51. The van der Waals surface area contributed by atoms with Gasteiger partial charge in [-0.1, -0.05) is 0 Å². The summed E-state index contributed by atoms with van der Waals surface area (Å²) in [6, 6.07) is 0.905. The predicted molar refractivity (Wildman–Crippen MR) is 84.1 cm³/mol. The average molecular weight is 408 g/mol. The van der Waals surface area contributed by atoms with Gasteiger partial charge in [0.25, 0.3) is 0 Å². The van der Waals surface area contributed by atoms with E-state index in [1.54, 1.807) is 31.0 Å². The third-order valence-electron chi connectivity index (χ3n) is 3.77. The van der Waals surface area contributed by atoms with Crippen molar-refractivity contribution in [3.63, 3.8) is 0 Å². The van der Waals surface area contributed by atoms with Crippen molar-refractivity contribution in [3.05, 3.63) is 33.8 Å². The first kappa shape index (κ1) is 18.5. The highest BCUT2D eigenvalue weighted by atomic mass is 79.9. The Morgan fingerprint density at radius 2 is 2.08 bits per heavy atom. The summed E-state index contributed by atoms with van der Waals surface area (Å²) in [7, 11) is 3.34. The molecule has 2 aromatic heterocycles. The number of hydrogen-bond acceptors (Lipinski definition) is 3. The molecule has 2 aromatic rings. The number of hydrogen-bond donors (Lipinski definition) is 0. The Bertz CT molecular complexity index is 752. The van der Waals surface area contributed by atoms with E-state index in [-0.39, 0.29) is 16.1 Å². The molecule has 2 heterocycles. The smallest absolute Gasteiger partial charge is 0.338 e. The molecule has 132 valence electrons. The number of carbonyl (C=O) groups excluding carboxylic acids is 1. The molecule has 0 aliphatic heterocycles. The molecule has 0 fully saturated rings. The van der Waals surface area contributed by atoms with Crippen LogP contribution in [-0.4, -0.2) is 37.4 Å². The summed E-state index contributed by atoms with van der Waals surface area (Å²) in [6.07, 6.45) is -2.97. The fraction of sp³-hybridized carbons (Fsp3) is 0.500. The van der Waals surface area contributed by atoms with Gasteiger partial charge in [0.2, 0.25) is 5.91 Å². The minimum absolute atomic E-state index is 0.149. The van der Waals surface area contributed by atoms with Crippen LogP contribution in [0.4, 0.5) is 13.2 Å². The van der Waals surface area contributed by atoms with Crippen LogP contribution in [0.1, 0.15) is 30.0 Å². The van der Waals surface area contributed by atoms with Crippen LogP contribution in [0.15, 0.2) is 16.7 Å². The molecule has 0 bridgehead atoms. The molecule has 10 heteroatoms. The van der Waals surface area contributed by atoms with E-state index in [0.29, 0.717) is 6.54 Å². The first-order chi connectivity index (χ1) is 11.0. The van der Waals surface area contributed by atoms with Crippen molar-refractivity contribution in [2.75, 3.05) is 7.05 Å². The van der Waals surface area contributed by atoms with Crippen molar-refractivity contribution in [2.45, 2.75) is 32.6 Å². The number of nitrogens with zero attached hydrogens (tertiary/aromatic N) is 5. The molecule has 1 unspecified atom stereocenters.